The Morgan fingerprint density at radius 2 is 2.00 bits per heavy atom. The molecule has 1 rings (SSSR count). The van der Waals surface area contributed by atoms with Gasteiger partial charge in [0.05, 0.1) is 0 Å². The van der Waals surface area contributed by atoms with Gasteiger partial charge in [0.2, 0.25) is 0 Å². The van der Waals surface area contributed by atoms with Gasteiger partial charge in [0.1, 0.15) is 0 Å². The summed E-state index contributed by atoms with van der Waals surface area (Å²) in [5, 5.41) is 0. The quantitative estimate of drug-likeness (QED) is 0.608. The van der Waals surface area contributed by atoms with E-state index in [1.54, 1.807) is 7.11 Å². The van der Waals surface area contributed by atoms with Gasteiger partial charge in [-0.05, 0) is 37.0 Å². The van der Waals surface area contributed by atoms with E-state index in [0.717, 1.165) is 24.4 Å². The third-order valence-electron chi connectivity index (χ3n) is 2.95. The molecule has 0 saturated heterocycles. The van der Waals surface area contributed by atoms with Gasteiger partial charge >= 0.3 is 0 Å². The van der Waals surface area contributed by atoms with E-state index in [2.05, 4.69) is 13.8 Å². The molecule has 1 fully saturated rings. The Morgan fingerprint density at radius 3 is 2.45 bits per heavy atom. The molecule has 0 spiro atoms. The van der Waals surface area contributed by atoms with Crippen molar-refractivity contribution in [3.8, 4) is 0 Å². The van der Waals surface area contributed by atoms with Gasteiger partial charge in [0.15, 0.2) is 0 Å². The molecular formula is C10H20O. The second kappa shape index (κ2) is 4.10. The second-order valence-electron chi connectivity index (χ2n) is 4.12. The molecule has 1 saturated carbocycles. The molecule has 0 unspecified atom stereocenters. The predicted octanol–water partition coefficient (Wildman–Crippen LogP) is 2.71. The summed E-state index contributed by atoms with van der Waals surface area (Å²) in [4.78, 5) is 0. The lowest BCUT2D eigenvalue weighted by atomic mass is 9.68. The van der Waals surface area contributed by atoms with E-state index in [-0.39, 0.29) is 0 Å². The largest absolute Gasteiger partial charge is 0.385 e. The minimum atomic E-state index is 0.897. The molecule has 1 heteroatoms. The van der Waals surface area contributed by atoms with Crippen LogP contribution in [0.25, 0.3) is 0 Å². The van der Waals surface area contributed by atoms with Crippen LogP contribution in [0, 0.1) is 17.8 Å². The number of rotatable bonds is 4. The molecule has 1 nitrogen and oxygen atoms in total. The van der Waals surface area contributed by atoms with Crippen LogP contribution in [0.3, 0.4) is 0 Å². The standard InChI is InChI=1S/C10H20O/c1-8(2)10-6-9(7-10)4-5-11-3/h8-10H,4-7H2,1-3H3. The van der Waals surface area contributed by atoms with Crippen LogP contribution in [-0.2, 0) is 4.74 Å². The molecule has 0 aromatic carbocycles. The zero-order valence-corrected chi connectivity index (χ0v) is 7.97. The maximum absolute atomic E-state index is 5.04. The fourth-order valence-electron chi connectivity index (χ4n) is 1.85. The van der Waals surface area contributed by atoms with Crippen LogP contribution in [-0.4, -0.2) is 13.7 Å². The second-order valence-corrected chi connectivity index (χ2v) is 4.12. The summed E-state index contributed by atoms with van der Waals surface area (Å²) >= 11 is 0. The molecule has 0 aliphatic heterocycles. The molecule has 0 heterocycles. The Morgan fingerprint density at radius 1 is 1.36 bits per heavy atom. The zero-order chi connectivity index (χ0) is 8.27. The SMILES string of the molecule is COCCC1CC(C(C)C)C1. The third-order valence-corrected chi connectivity index (χ3v) is 2.95. The summed E-state index contributed by atoms with van der Waals surface area (Å²) in [5.41, 5.74) is 0. The van der Waals surface area contributed by atoms with E-state index in [0.29, 0.717) is 0 Å². The fraction of sp³-hybridized carbons (Fsp3) is 1.00. The molecule has 0 aromatic rings. The Labute approximate surface area is 70.1 Å². The first kappa shape index (κ1) is 9.05. The van der Waals surface area contributed by atoms with E-state index in [1.807, 2.05) is 0 Å². The first-order valence-electron chi connectivity index (χ1n) is 4.73. The summed E-state index contributed by atoms with van der Waals surface area (Å²) in [5.74, 6) is 2.88. The average Bonchev–Trinajstić information content (AvgIpc) is 1.84. The third kappa shape index (κ3) is 2.48. The Kier molecular flexibility index (Phi) is 3.38. The smallest absolute Gasteiger partial charge is 0.0464 e. The van der Waals surface area contributed by atoms with E-state index < -0.39 is 0 Å². The molecule has 0 bridgehead atoms. The molecule has 1 aliphatic rings. The van der Waals surface area contributed by atoms with Crippen LogP contribution in [0.5, 0.6) is 0 Å². The lowest BCUT2D eigenvalue weighted by molar-refractivity contribution is 0.0952. The minimum absolute atomic E-state index is 0.897. The highest BCUT2D eigenvalue weighted by Crippen LogP contribution is 2.40. The van der Waals surface area contributed by atoms with E-state index >= 15 is 0 Å². The summed E-state index contributed by atoms with van der Waals surface area (Å²) in [7, 11) is 1.79. The molecule has 1 aliphatic carbocycles. The van der Waals surface area contributed by atoms with Gasteiger partial charge in [0.25, 0.3) is 0 Å². The average molecular weight is 156 g/mol. The first-order chi connectivity index (χ1) is 5.24. The van der Waals surface area contributed by atoms with E-state index in [1.165, 1.54) is 19.3 Å². The minimum Gasteiger partial charge on any atom is -0.385 e. The van der Waals surface area contributed by atoms with E-state index in [4.69, 9.17) is 4.74 Å². The van der Waals surface area contributed by atoms with Gasteiger partial charge in [-0.1, -0.05) is 13.8 Å². The van der Waals surface area contributed by atoms with Crippen molar-refractivity contribution in [3.63, 3.8) is 0 Å². The molecule has 0 radical (unpaired) electrons. The van der Waals surface area contributed by atoms with Crippen LogP contribution in [0.1, 0.15) is 33.1 Å². The van der Waals surface area contributed by atoms with Gasteiger partial charge < -0.3 is 4.74 Å². The number of hydrogen-bond acceptors (Lipinski definition) is 1. The van der Waals surface area contributed by atoms with Crippen molar-refractivity contribution < 1.29 is 4.74 Å². The first-order valence-corrected chi connectivity index (χ1v) is 4.73. The molecule has 11 heavy (non-hydrogen) atoms. The molecular weight excluding hydrogens is 136 g/mol. The topological polar surface area (TPSA) is 9.23 Å². The van der Waals surface area contributed by atoms with Gasteiger partial charge in [-0.15, -0.1) is 0 Å². The van der Waals surface area contributed by atoms with Gasteiger partial charge in [0, 0.05) is 13.7 Å². The lowest BCUT2D eigenvalue weighted by Crippen LogP contribution is -2.28. The van der Waals surface area contributed by atoms with E-state index in [9.17, 15) is 0 Å². The van der Waals surface area contributed by atoms with Gasteiger partial charge in [-0.3, -0.25) is 0 Å². The highest BCUT2D eigenvalue weighted by Gasteiger charge is 2.30. The van der Waals surface area contributed by atoms with Crippen molar-refractivity contribution in [1.82, 2.24) is 0 Å². The van der Waals surface area contributed by atoms with Crippen molar-refractivity contribution in [2.75, 3.05) is 13.7 Å². The maximum atomic E-state index is 5.04. The number of hydrogen-bond donors (Lipinski definition) is 0. The molecule has 66 valence electrons. The fourth-order valence-corrected chi connectivity index (χ4v) is 1.85. The Hall–Kier alpha value is -0.0400. The van der Waals surface area contributed by atoms with Crippen molar-refractivity contribution in [2.45, 2.75) is 33.1 Å². The Bertz CT molecular complexity index is 103. The summed E-state index contributed by atoms with van der Waals surface area (Å²) in [6.45, 7) is 5.61. The van der Waals surface area contributed by atoms with Crippen molar-refractivity contribution in [3.05, 3.63) is 0 Å². The van der Waals surface area contributed by atoms with Crippen LogP contribution >= 0.6 is 0 Å². The lowest BCUT2D eigenvalue weighted by Gasteiger charge is -2.38. The highest BCUT2D eigenvalue weighted by molar-refractivity contribution is 4.80. The summed E-state index contributed by atoms with van der Waals surface area (Å²) < 4.78 is 5.04. The normalized spacial score (nSPS) is 30.5. The van der Waals surface area contributed by atoms with Crippen LogP contribution in [0.15, 0.2) is 0 Å². The van der Waals surface area contributed by atoms with Crippen LogP contribution in [0.4, 0.5) is 0 Å². The Balaban J connectivity index is 2.00. The monoisotopic (exact) mass is 156 g/mol. The van der Waals surface area contributed by atoms with Crippen LogP contribution < -0.4 is 0 Å². The van der Waals surface area contributed by atoms with Crippen molar-refractivity contribution in [1.29, 1.82) is 0 Å². The van der Waals surface area contributed by atoms with Gasteiger partial charge in [-0.2, -0.15) is 0 Å². The van der Waals surface area contributed by atoms with Gasteiger partial charge in [-0.25, -0.2) is 0 Å². The zero-order valence-electron chi connectivity index (χ0n) is 7.97. The summed E-state index contributed by atoms with van der Waals surface area (Å²) in [6.07, 6.45) is 4.17. The predicted molar refractivity (Wildman–Crippen MR) is 47.5 cm³/mol. The molecule has 0 amide bonds. The molecule has 0 atom stereocenters. The molecule has 0 N–H and O–H groups in total. The number of methoxy groups -OCH3 is 1. The molecule has 0 aromatic heterocycles. The highest BCUT2D eigenvalue weighted by atomic mass is 16.5. The number of ether oxygens (including phenoxy) is 1. The summed E-state index contributed by atoms with van der Waals surface area (Å²) in [6, 6.07) is 0. The van der Waals surface area contributed by atoms with Crippen molar-refractivity contribution >= 4 is 0 Å². The van der Waals surface area contributed by atoms with Crippen molar-refractivity contribution in [2.24, 2.45) is 17.8 Å². The maximum Gasteiger partial charge on any atom is 0.0464 e. The van der Waals surface area contributed by atoms with Crippen LogP contribution in [0.2, 0.25) is 0 Å².